The van der Waals surface area contributed by atoms with Gasteiger partial charge in [-0.15, -0.1) is 0 Å². The molecule has 3 N–H and O–H groups in total. The van der Waals surface area contributed by atoms with Crippen molar-refractivity contribution in [1.29, 1.82) is 0 Å². The zero-order valence-electron chi connectivity index (χ0n) is 27.1. The lowest BCUT2D eigenvalue weighted by Crippen LogP contribution is -2.45. The minimum atomic E-state index is -0.830. The second-order valence-electron chi connectivity index (χ2n) is 12.3. The maximum atomic E-state index is 12.3. The van der Waals surface area contributed by atoms with Crippen LogP contribution in [-0.2, 0) is 4.79 Å². The molecule has 0 rings (SSSR count). The van der Waals surface area contributed by atoms with Crippen LogP contribution in [0.25, 0.3) is 0 Å². The molecule has 4 nitrogen and oxygen atoms in total. The quantitative estimate of drug-likeness (QED) is 0.0561. The monoisotopic (exact) mass is 566 g/mol. The predicted octanol–water partition coefficient (Wildman–Crippen LogP) is 10.3. The first kappa shape index (κ1) is 39.1. The Morgan fingerprint density at radius 1 is 0.575 bits per heavy atom. The van der Waals surface area contributed by atoms with Gasteiger partial charge in [0.1, 0.15) is 0 Å². The van der Waals surface area contributed by atoms with Crippen molar-refractivity contribution in [3.05, 3.63) is 12.2 Å². The van der Waals surface area contributed by atoms with E-state index in [4.69, 9.17) is 0 Å². The van der Waals surface area contributed by atoms with E-state index >= 15 is 0 Å². The Bertz CT molecular complexity index is 536. The van der Waals surface area contributed by atoms with Crippen LogP contribution in [-0.4, -0.2) is 34.9 Å². The van der Waals surface area contributed by atoms with Crippen molar-refractivity contribution in [2.45, 2.75) is 206 Å². The molecule has 0 saturated heterocycles. The number of aliphatic hydroxyl groups excluding tert-OH is 2. The first-order valence-electron chi connectivity index (χ1n) is 17.9. The van der Waals surface area contributed by atoms with Crippen molar-refractivity contribution in [3.8, 4) is 0 Å². The van der Waals surface area contributed by atoms with E-state index in [0.717, 1.165) is 25.7 Å². The zero-order valence-corrected chi connectivity index (χ0v) is 27.1. The van der Waals surface area contributed by atoms with Gasteiger partial charge in [-0.05, 0) is 19.3 Å². The second kappa shape index (κ2) is 32.6. The largest absolute Gasteiger partial charge is 0.394 e. The van der Waals surface area contributed by atoms with Gasteiger partial charge in [-0.2, -0.15) is 0 Å². The van der Waals surface area contributed by atoms with Crippen LogP contribution in [0.15, 0.2) is 12.2 Å². The maximum absolute atomic E-state index is 12.3. The van der Waals surface area contributed by atoms with E-state index in [-0.39, 0.29) is 12.5 Å². The third-order valence-corrected chi connectivity index (χ3v) is 8.27. The van der Waals surface area contributed by atoms with Crippen molar-refractivity contribution < 1.29 is 15.0 Å². The highest BCUT2D eigenvalue weighted by Gasteiger charge is 2.17. The number of hydrogen-bond donors (Lipinski definition) is 3. The number of allylic oxidation sites excluding steroid dienone is 1. The van der Waals surface area contributed by atoms with Crippen LogP contribution < -0.4 is 5.32 Å². The first-order chi connectivity index (χ1) is 19.7. The van der Waals surface area contributed by atoms with E-state index in [1.54, 1.807) is 6.08 Å². The summed E-state index contributed by atoms with van der Waals surface area (Å²) in [6.45, 7) is 4.28. The van der Waals surface area contributed by atoms with Crippen molar-refractivity contribution in [3.63, 3.8) is 0 Å². The van der Waals surface area contributed by atoms with E-state index in [2.05, 4.69) is 19.2 Å². The number of amides is 1. The number of aliphatic hydroxyl groups is 2. The average Bonchev–Trinajstić information content (AvgIpc) is 2.96. The molecule has 2 atom stereocenters. The van der Waals surface area contributed by atoms with E-state index in [1.165, 1.54) is 148 Å². The van der Waals surface area contributed by atoms with Crippen molar-refractivity contribution >= 4 is 5.91 Å². The van der Waals surface area contributed by atoms with Crippen LogP contribution >= 0.6 is 0 Å². The lowest BCUT2D eigenvalue weighted by molar-refractivity contribution is -0.123. The summed E-state index contributed by atoms with van der Waals surface area (Å²) >= 11 is 0. The number of nitrogens with one attached hydrogen (secondary N) is 1. The van der Waals surface area contributed by atoms with Gasteiger partial charge in [-0.1, -0.05) is 180 Å². The third kappa shape index (κ3) is 28.7. The van der Waals surface area contributed by atoms with Gasteiger partial charge < -0.3 is 15.5 Å². The molecule has 40 heavy (non-hydrogen) atoms. The van der Waals surface area contributed by atoms with E-state index < -0.39 is 12.1 Å². The van der Waals surface area contributed by atoms with Crippen LogP contribution in [0.1, 0.15) is 194 Å². The first-order valence-corrected chi connectivity index (χ1v) is 17.9. The second-order valence-corrected chi connectivity index (χ2v) is 12.3. The number of carbonyl (C=O) groups is 1. The SMILES string of the molecule is CCCCCCCCC/C=C/[C@@H](O)[C@H](CO)NC(=O)CCCCCCCCCCCCCCCCCCCCC. The lowest BCUT2D eigenvalue weighted by atomic mass is 10.0. The normalized spacial score (nSPS) is 13.2. The maximum Gasteiger partial charge on any atom is 0.220 e. The Labute approximate surface area is 250 Å². The van der Waals surface area contributed by atoms with Crippen molar-refractivity contribution in [2.24, 2.45) is 0 Å². The molecule has 0 heterocycles. The summed E-state index contributed by atoms with van der Waals surface area (Å²) < 4.78 is 0. The molecule has 0 aromatic rings. The van der Waals surface area contributed by atoms with Crippen LogP contribution in [0.4, 0.5) is 0 Å². The Kier molecular flexibility index (Phi) is 31.9. The minimum Gasteiger partial charge on any atom is -0.394 e. The molecule has 0 radical (unpaired) electrons. The van der Waals surface area contributed by atoms with Gasteiger partial charge in [0.05, 0.1) is 18.8 Å². The molecular weight excluding hydrogens is 494 g/mol. The van der Waals surface area contributed by atoms with E-state index in [0.29, 0.717) is 6.42 Å². The summed E-state index contributed by atoms with van der Waals surface area (Å²) in [5.41, 5.74) is 0. The zero-order chi connectivity index (χ0) is 29.4. The summed E-state index contributed by atoms with van der Waals surface area (Å²) in [5, 5.41) is 22.8. The molecular formula is C36H71NO3. The topological polar surface area (TPSA) is 69.6 Å². The van der Waals surface area contributed by atoms with E-state index in [9.17, 15) is 15.0 Å². The molecule has 0 aliphatic carbocycles. The van der Waals surface area contributed by atoms with Gasteiger partial charge in [-0.25, -0.2) is 0 Å². The van der Waals surface area contributed by atoms with Gasteiger partial charge in [0.25, 0.3) is 0 Å². The lowest BCUT2D eigenvalue weighted by Gasteiger charge is -2.20. The summed E-state index contributed by atoms with van der Waals surface area (Å²) in [7, 11) is 0. The summed E-state index contributed by atoms with van der Waals surface area (Å²) in [5.74, 6) is -0.0643. The molecule has 0 fully saturated rings. The molecule has 0 aromatic carbocycles. The molecule has 238 valence electrons. The van der Waals surface area contributed by atoms with Gasteiger partial charge in [-0.3, -0.25) is 4.79 Å². The van der Waals surface area contributed by atoms with Crippen LogP contribution in [0.3, 0.4) is 0 Å². The highest BCUT2D eigenvalue weighted by molar-refractivity contribution is 5.76. The summed E-state index contributed by atoms with van der Waals surface area (Å²) in [6.07, 6.45) is 38.7. The van der Waals surface area contributed by atoms with Crippen LogP contribution in [0.2, 0.25) is 0 Å². The molecule has 1 amide bonds. The third-order valence-electron chi connectivity index (χ3n) is 8.27. The van der Waals surface area contributed by atoms with E-state index in [1.807, 2.05) is 6.08 Å². The Morgan fingerprint density at radius 3 is 1.30 bits per heavy atom. The summed E-state index contributed by atoms with van der Waals surface area (Å²) in [6, 6.07) is -0.613. The highest BCUT2D eigenvalue weighted by atomic mass is 16.3. The predicted molar refractivity (Wildman–Crippen MR) is 175 cm³/mol. The molecule has 0 unspecified atom stereocenters. The van der Waals surface area contributed by atoms with Crippen molar-refractivity contribution in [2.75, 3.05) is 6.61 Å². The number of rotatable bonds is 32. The molecule has 0 aromatic heterocycles. The number of unbranched alkanes of at least 4 members (excludes halogenated alkanes) is 25. The fourth-order valence-corrected chi connectivity index (χ4v) is 5.47. The van der Waals surface area contributed by atoms with Gasteiger partial charge >= 0.3 is 0 Å². The standard InChI is InChI=1S/C36H71NO3/c1-3-5-7-9-11-13-14-15-16-17-18-19-20-21-22-24-26-28-30-32-36(40)37-34(33-38)35(39)31-29-27-25-23-12-10-8-6-4-2/h29,31,34-35,38-39H,3-28,30,32-33H2,1-2H3,(H,37,40)/b31-29+/t34-,35+/m0/s1. The highest BCUT2D eigenvalue weighted by Crippen LogP contribution is 2.15. The number of hydrogen-bond acceptors (Lipinski definition) is 3. The van der Waals surface area contributed by atoms with Crippen molar-refractivity contribution in [1.82, 2.24) is 5.32 Å². The Hall–Kier alpha value is -0.870. The van der Waals surface area contributed by atoms with Gasteiger partial charge in [0.15, 0.2) is 0 Å². The van der Waals surface area contributed by atoms with Gasteiger partial charge in [0.2, 0.25) is 5.91 Å². The summed E-state index contributed by atoms with van der Waals surface area (Å²) in [4.78, 5) is 12.3. The number of carbonyl (C=O) groups excluding carboxylic acids is 1. The fourth-order valence-electron chi connectivity index (χ4n) is 5.47. The molecule has 0 bridgehead atoms. The van der Waals surface area contributed by atoms with Crippen LogP contribution in [0, 0.1) is 0 Å². The average molecular weight is 566 g/mol. The fraction of sp³-hybridized carbons (Fsp3) is 0.917. The molecule has 0 aliphatic rings. The molecule has 0 saturated carbocycles. The Balaban J connectivity index is 3.52. The Morgan fingerprint density at radius 2 is 0.925 bits per heavy atom. The molecule has 0 aliphatic heterocycles. The van der Waals surface area contributed by atoms with Crippen LogP contribution in [0.5, 0.6) is 0 Å². The minimum absolute atomic E-state index is 0.0643. The molecule has 0 spiro atoms. The smallest absolute Gasteiger partial charge is 0.220 e. The van der Waals surface area contributed by atoms with Gasteiger partial charge in [0, 0.05) is 6.42 Å². The molecule has 4 heteroatoms.